The van der Waals surface area contributed by atoms with Gasteiger partial charge < -0.3 is 5.73 Å². The fourth-order valence-electron chi connectivity index (χ4n) is 2.24. The van der Waals surface area contributed by atoms with Gasteiger partial charge in [-0.25, -0.2) is 0 Å². The Hall–Kier alpha value is -0.970. The van der Waals surface area contributed by atoms with Crippen LogP contribution in [0.25, 0.3) is 0 Å². The van der Waals surface area contributed by atoms with Gasteiger partial charge in [-0.15, -0.1) is 11.8 Å². The average Bonchev–Trinajstić information content (AvgIpc) is 2.72. The summed E-state index contributed by atoms with van der Waals surface area (Å²) in [5.41, 5.74) is 9.74. The second-order valence-electron chi connectivity index (χ2n) is 5.28. The van der Waals surface area contributed by atoms with Crippen LogP contribution in [-0.4, -0.2) is 15.8 Å². The SMILES string of the molecule is CCC(N)Cc1c(C)nn(C)c1SCc1ccc(Cl)cc1. The molecule has 0 spiro atoms. The molecule has 3 nitrogen and oxygen atoms in total. The monoisotopic (exact) mass is 323 g/mol. The van der Waals surface area contributed by atoms with Crippen LogP contribution >= 0.6 is 23.4 Å². The predicted octanol–water partition coefficient (Wildman–Crippen LogP) is 3.95. The van der Waals surface area contributed by atoms with Crippen molar-refractivity contribution in [1.82, 2.24) is 9.78 Å². The highest BCUT2D eigenvalue weighted by Crippen LogP contribution is 2.29. The zero-order valence-electron chi connectivity index (χ0n) is 12.8. The van der Waals surface area contributed by atoms with Crippen LogP contribution in [0.4, 0.5) is 0 Å². The Morgan fingerprint density at radius 3 is 2.62 bits per heavy atom. The molecule has 0 fully saturated rings. The Morgan fingerprint density at radius 2 is 2.00 bits per heavy atom. The minimum absolute atomic E-state index is 0.197. The molecule has 5 heteroatoms. The first kappa shape index (κ1) is 16.4. The van der Waals surface area contributed by atoms with E-state index in [2.05, 4.69) is 31.1 Å². The van der Waals surface area contributed by atoms with Crippen LogP contribution < -0.4 is 5.73 Å². The first-order chi connectivity index (χ1) is 10.0. The first-order valence-corrected chi connectivity index (χ1v) is 8.53. The molecule has 2 rings (SSSR count). The van der Waals surface area contributed by atoms with Gasteiger partial charge in [-0.2, -0.15) is 5.10 Å². The lowest BCUT2D eigenvalue weighted by atomic mass is 10.1. The van der Waals surface area contributed by atoms with E-state index in [-0.39, 0.29) is 6.04 Å². The van der Waals surface area contributed by atoms with Crippen LogP contribution in [0.2, 0.25) is 5.02 Å². The van der Waals surface area contributed by atoms with Gasteiger partial charge in [0.05, 0.1) is 10.7 Å². The predicted molar refractivity (Wildman–Crippen MR) is 90.9 cm³/mol. The molecule has 1 unspecified atom stereocenters. The summed E-state index contributed by atoms with van der Waals surface area (Å²) in [6, 6.07) is 8.19. The van der Waals surface area contributed by atoms with Crippen LogP contribution in [0, 0.1) is 6.92 Å². The van der Waals surface area contributed by atoms with Crippen molar-refractivity contribution in [2.45, 2.75) is 43.5 Å². The summed E-state index contributed by atoms with van der Waals surface area (Å²) in [5, 5.41) is 6.53. The Kier molecular flexibility index (Phi) is 5.73. The fourth-order valence-corrected chi connectivity index (χ4v) is 3.49. The van der Waals surface area contributed by atoms with E-state index in [1.807, 2.05) is 35.6 Å². The number of halogens is 1. The van der Waals surface area contributed by atoms with Gasteiger partial charge in [-0.1, -0.05) is 30.7 Å². The molecule has 0 saturated heterocycles. The highest BCUT2D eigenvalue weighted by Gasteiger charge is 2.16. The molecule has 1 aromatic carbocycles. The van der Waals surface area contributed by atoms with Crippen molar-refractivity contribution < 1.29 is 0 Å². The smallest absolute Gasteiger partial charge is 0.0975 e. The second-order valence-corrected chi connectivity index (χ2v) is 6.68. The summed E-state index contributed by atoms with van der Waals surface area (Å²) >= 11 is 7.73. The lowest BCUT2D eigenvalue weighted by Gasteiger charge is -2.11. The quantitative estimate of drug-likeness (QED) is 0.818. The zero-order valence-corrected chi connectivity index (χ0v) is 14.3. The summed E-state index contributed by atoms with van der Waals surface area (Å²) in [7, 11) is 2.00. The molecule has 0 aliphatic heterocycles. The zero-order chi connectivity index (χ0) is 15.4. The lowest BCUT2D eigenvalue weighted by molar-refractivity contribution is 0.631. The molecule has 0 bridgehead atoms. The number of rotatable bonds is 6. The highest BCUT2D eigenvalue weighted by atomic mass is 35.5. The van der Waals surface area contributed by atoms with Crippen molar-refractivity contribution >= 4 is 23.4 Å². The minimum Gasteiger partial charge on any atom is -0.327 e. The number of hydrogen-bond acceptors (Lipinski definition) is 3. The van der Waals surface area contributed by atoms with Gasteiger partial charge >= 0.3 is 0 Å². The average molecular weight is 324 g/mol. The van der Waals surface area contributed by atoms with Crippen molar-refractivity contribution in [1.29, 1.82) is 0 Å². The molecular formula is C16H22ClN3S. The first-order valence-electron chi connectivity index (χ1n) is 7.16. The van der Waals surface area contributed by atoms with E-state index in [9.17, 15) is 0 Å². The van der Waals surface area contributed by atoms with Crippen LogP contribution in [0.5, 0.6) is 0 Å². The third kappa shape index (κ3) is 4.25. The van der Waals surface area contributed by atoms with Crippen LogP contribution in [-0.2, 0) is 19.2 Å². The third-order valence-electron chi connectivity index (χ3n) is 3.57. The number of nitrogens with two attached hydrogens (primary N) is 1. The number of benzene rings is 1. The number of nitrogens with zero attached hydrogens (tertiary/aromatic N) is 2. The number of hydrogen-bond donors (Lipinski definition) is 1. The third-order valence-corrected chi connectivity index (χ3v) is 5.08. The van der Waals surface area contributed by atoms with Crippen molar-refractivity contribution in [2.75, 3.05) is 0 Å². The topological polar surface area (TPSA) is 43.8 Å². The number of thioether (sulfide) groups is 1. The van der Waals surface area contributed by atoms with Gasteiger partial charge in [0, 0.05) is 29.4 Å². The second kappa shape index (κ2) is 7.34. The summed E-state index contributed by atoms with van der Waals surface area (Å²) in [5.74, 6) is 0.907. The fraction of sp³-hybridized carbons (Fsp3) is 0.438. The normalized spacial score (nSPS) is 12.6. The van der Waals surface area contributed by atoms with Crippen molar-refractivity contribution in [2.24, 2.45) is 12.8 Å². The van der Waals surface area contributed by atoms with Gasteiger partial charge in [0.1, 0.15) is 0 Å². The molecule has 0 radical (unpaired) electrons. The van der Waals surface area contributed by atoms with Crippen LogP contribution in [0.1, 0.15) is 30.2 Å². The van der Waals surface area contributed by atoms with E-state index >= 15 is 0 Å². The molecule has 114 valence electrons. The van der Waals surface area contributed by atoms with Gasteiger partial charge in [-0.05, 0) is 37.5 Å². The van der Waals surface area contributed by atoms with Gasteiger partial charge in [0.15, 0.2) is 0 Å². The standard InChI is InChI=1S/C16H22ClN3S/c1-4-14(18)9-15-11(2)19-20(3)16(15)21-10-12-5-7-13(17)8-6-12/h5-8,14H,4,9-10,18H2,1-3H3. The van der Waals surface area contributed by atoms with E-state index in [0.29, 0.717) is 0 Å². The summed E-state index contributed by atoms with van der Waals surface area (Å²) in [4.78, 5) is 0. The maximum absolute atomic E-state index is 6.11. The minimum atomic E-state index is 0.197. The Labute approximate surface area is 135 Å². The van der Waals surface area contributed by atoms with Crippen molar-refractivity contribution in [3.63, 3.8) is 0 Å². The maximum atomic E-state index is 6.11. The summed E-state index contributed by atoms with van der Waals surface area (Å²) < 4.78 is 1.97. The number of aryl methyl sites for hydroxylation is 2. The van der Waals surface area contributed by atoms with E-state index in [4.69, 9.17) is 17.3 Å². The lowest BCUT2D eigenvalue weighted by Crippen LogP contribution is -2.21. The Bertz CT molecular complexity index is 592. The molecule has 21 heavy (non-hydrogen) atoms. The van der Waals surface area contributed by atoms with Gasteiger partial charge in [-0.3, -0.25) is 4.68 Å². The van der Waals surface area contributed by atoms with E-state index in [0.717, 1.165) is 29.3 Å². The largest absolute Gasteiger partial charge is 0.327 e. The van der Waals surface area contributed by atoms with E-state index < -0.39 is 0 Å². The Morgan fingerprint density at radius 1 is 1.33 bits per heavy atom. The molecule has 1 atom stereocenters. The van der Waals surface area contributed by atoms with Crippen molar-refractivity contribution in [3.05, 3.63) is 46.1 Å². The van der Waals surface area contributed by atoms with Crippen LogP contribution in [0.3, 0.4) is 0 Å². The number of aromatic nitrogens is 2. The highest BCUT2D eigenvalue weighted by molar-refractivity contribution is 7.98. The maximum Gasteiger partial charge on any atom is 0.0975 e. The van der Waals surface area contributed by atoms with Crippen molar-refractivity contribution in [3.8, 4) is 0 Å². The van der Waals surface area contributed by atoms with Crippen LogP contribution in [0.15, 0.2) is 29.3 Å². The molecule has 0 aliphatic carbocycles. The van der Waals surface area contributed by atoms with E-state index in [1.165, 1.54) is 16.2 Å². The molecule has 0 amide bonds. The molecule has 0 saturated carbocycles. The Balaban J connectivity index is 2.13. The van der Waals surface area contributed by atoms with Gasteiger partial charge in [0.25, 0.3) is 0 Å². The van der Waals surface area contributed by atoms with Gasteiger partial charge in [0.2, 0.25) is 0 Å². The summed E-state index contributed by atoms with van der Waals surface area (Å²) in [6.45, 7) is 4.18. The molecule has 1 aromatic heterocycles. The molecular weight excluding hydrogens is 302 g/mol. The van der Waals surface area contributed by atoms with E-state index in [1.54, 1.807) is 0 Å². The molecule has 2 aromatic rings. The molecule has 1 heterocycles. The molecule has 0 aliphatic rings. The summed E-state index contributed by atoms with van der Waals surface area (Å²) in [6.07, 6.45) is 1.87. The molecule has 2 N–H and O–H groups in total.